The smallest absolute Gasteiger partial charge is 0.188 e. The molecule has 0 saturated carbocycles. The number of thiazole rings is 1. The van der Waals surface area contributed by atoms with Crippen LogP contribution in [0.15, 0.2) is 46.9 Å². The van der Waals surface area contributed by atoms with E-state index in [9.17, 15) is 0 Å². The summed E-state index contributed by atoms with van der Waals surface area (Å²) < 4.78 is 2.14. The van der Waals surface area contributed by atoms with Crippen molar-refractivity contribution in [3.05, 3.63) is 52.0 Å². The minimum Gasteiger partial charge on any atom is -0.332 e. The van der Waals surface area contributed by atoms with Gasteiger partial charge in [-0.1, -0.05) is 38.9 Å². The number of nitrogens with one attached hydrogen (secondary N) is 1. The Morgan fingerprint density at radius 2 is 1.89 bits per heavy atom. The Kier molecular flexibility index (Phi) is 3.24. The second-order valence-corrected chi connectivity index (χ2v) is 6.15. The van der Waals surface area contributed by atoms with Crippen molar-refractivity contribution in [1.29, 1.82) is 0 Å². The lowest BCUT2D eigenvalue weighted by atomic mass is 10.3. The van der Waals surface area contributed by atoms with E-state index in [2.05, 4.69) is 26.2 Å². The number of benzene rings is 2. The molecular formula is C13H8BrClN2S. The van der Waals surface area contributed by atoms with Crippen LogP contribution in [0.5, 0.6) is 0 Å². The number of halogens is 2. The molecule has 3 aromatic rings. The summed E-state index contributed by atoms with van der Waals surface area (Å²) in [5.74, 6) is 0. The van der Waals surface area contributed by atoms with Gasteiger partial charge < -0.3 is 5.32 Å². The maximum atomic E-state index is 5.96. The SMILES string of the molecule is Clc1ccc2nc(Nc3ccc(Br)cc3)sc2c1. The van der Waals surface area contributed by atoms with Gasteiger partial charge in [0.25, 0.3) is 0 Å². The van der Waals surface area contributed by atoms with E-state index in [0.29, 0.717) is 0 Å². The molecule has 0 bridgehead atoms. The van der Waals surface area contributed by atoms with E-state index in [0.717, 1.165) is 30.5 Å². The molecule has 2 aromatic carbocycles. The maximum absolute atomic E-state index is 5.96. The van der Waals surface area contributed by atoms with Gasteiger partial charge in [-0.3, -0.25) is 0 Å². The molecule has 0 aliphatic carbocycles. The van der Waals surface area contributed by atoms with Crippen LogP contribution in [0.2, 0.25) is 5.02 Å². The van der Waals surface area contributed by atoms with Crippen molar-refractivity contribution in [2.45, 2.75) is 0 Å². The summed E-state index contributed by atoms with van der Waals surface area (Å²) in [5, 5.41) is 4.89. The van der Waals surface area contributed by atoms with E-state index in [1.807, 2.05) is 42.5 Å². The third kappa shape index (κ3) is 2.51. The average Bonchev–Trinajstić information content (AvgIpc) is 2.73. The molecule has 90 valence electrons. The zero-order valence-electron chi connectivity index (χ0n) is 9.15. The summed E-state index contributed by atoms with van der Waals surface area (Å²) in [6, 6.07) is 13.7. The third-order valence-corrected chi connectivity index (χ3v) is 4.14. The number of nitrogens with zero attached hydrogens (tertiary/aromatic N) is 1. The molecule has 1 N–H and O–H groups in total. The van der Waals surface area contributed by atoms with Crippen molar-refractivity contribution < 1.29 is 0 Å². The molecule has 18 heavy (non-hydrogen) atoms. The van der Waals surface area contributed by atoms with Crippen molar-refractivity contribution in [3.8, 4) is 0 Å². The third-order valence-electron chi connectivity index (χ3n) is 2.45. The van der Waals surface area contributed by atoms with Gasteiger partial charge in [-0.2, -0.15) is 0 Å². The first-order chi connectivity index (χ1) is 8.70. The van der Waals surface area contributed by atoms with Crippen LogP contribution in [0.4, 0.5) is 10.8 Å². The van der Waals surface area contributed by atoms with Crippen LogP contribution < -0.4 is 5.32 Å². The molecule has 1 aromatic heterocycles. The topological polar surface area (TPSA) is 24.9 Å². The Morgan fingerprint density at radius 3 is 2.67 bits per heavy atom. The monoisotopic (exact) mass is 338 g/mol. The van der Waals surface area contributed by atoms with E-state index in [1.165, 1.54) is 0 Å². The van der Waals surface area contributed by atoms with Crippen molar-refractivity contribution in [1.82, 2.24) is 4.98 Å². The molecule has 1 heterocycles. The Morgan fingerprint density at radius 1 is 1.11 bits per heavy atom. The Hall–Kier alpha value is -1.10. The van der Waals surface area contributed by atoms with Gasteiger partial charge in [-0.05, 0) is 42.5 Å². The van der Waals surface area contributed by atoms with E-state index in [4.69, 9.17) is 11.6 Å². The quantitative estimate of drug-likeness (QED) is 0.671. The van der Waals surface area contributed by atoms with E-state index >= 15 is 0 Å². The van der Waals surface area contributed by atoms with Crippen LogP contribution in [0.3, 0.4) is 0 Å². The highest BCUT2D eigenvalue weighted by molar-refractivity contribution is 9.10. The minimum atomic E-state index is 0.737. The predicted molar refractivity (Wildman–Crippen MR) is 82.1 cm³/mol. The van der Waals surface area contributed by atoms with Crippen LogP contribution in [0, 0.1) is 0 Å². The molecule has 0 unspecified atom stereocenters. The Balaban J connectivity index is 1.92. The van der Waals surface area contributed by atoms with E-state index < -0.39 is 0 Å². The van der Waals surface area contributed by atoms with E-state index in [-0.39, 0.29) is 0 Å². The molecule has 0 radical (unpaired) electrons. The summed E-state index contributed by atoms with van der Waals surface area (Å²) in [6.07, 6.45) is 0. The molecule has 5 heteroatoms. The van der Waals surface area contributed by atoms with Gasteiger partial charge in [0.1, 0.15) is 0 Å². The zero-order valence-corrected chi connectivity index (χ0v) is 12.3. The molecule has 0 fully saturated rings. The largest absolute Gasteiger partial charge is 0.332 e. The second-order valence-electron chi connectivity index (χ2n) is 3.76. The second kappa shape index (κ2) is 4.88. The summed E-state index contributed by atoms with van der Waals surface area (Å²) in [5.41, 5.74) is 1.98. The number of hydrogen-bond donors (Lipinski definition) is 1. The van der Waals surface area contributed by atoms with Gasteiger partial charge in [0, 0.05) is 15.2 Å². The lowest BCUT2D eigenvalue weighted by Gasteiger charge is -2.01. The van der Waals surface area contributed by atoms with Crippen LogP contribution in [-0.4, -0.2) is 4.98 Å². The molecule has 0 aliphatic heterocycles. The summed E-state index contributed by atoms with van der Waals surface area (Å²) in [4.78, 5) is 4.51. The molecule has 0 atom stereocenters. The highest BCUT2D eigenvalue weighted by Gasteiger charge is 2.04. The first kappa shape index (κ1) is 12.0. The lowest BCUT2D eigenvalue weighted by molar-refractivity contribution is 1.44. The van der Waals surface area contributed by atoms with Gasteiger partial charge in [0.15, 0.2) is 5.13 Å². The highest BCUT2D eigenvalue weighted by Crippen LogP contribution is 2.30. The number of rotatable bonds is 2. The van der Waals surface area contributed by atoms with Gasteiger partial charge in [-0.25, -0.2) is 4.98 Å². The highest BCUT2D eigenvalue weighted by atomic mass is 79.9. The zero-order chi connectivity index (χ0) is 12.5. The normalized spacial score (nSPS) is 10.8. The fraction of sp³-hybridized carbons (Fsp3) is 0. The maximum Gasteiger partial charge on any atom is 0.188 e. The summed E-state index contributed by atoms with van der Waals surface area (Å²) in [6.45, 7) is 0. The van der Waals surface area contributed by atoms with Crippen molar-refractivity contribution in [2.75, 3.05) is 5.32 Å². The van der Waals surface area contributed by atoms with Crippen molar-refractivity contribution >= 4 is 59.9 Å². The fourth-order valence-electron chi connectivity index (χ4n) is 1.61. The number of fused-ring (bicyclic) bond motifs is 1. The van der Waals surface area contributed by atoms with Gasteiger partial charge in [0.2, 0.25) is 0 Å². The number of anilines is 2. The van der Waals surface area contributed by atoms with Crippen LogP contribution in [0.1, 0.15) is 0 Å². The van der Waals surface area contributed by atoms with Crippen LogP contribution >= 0.6 is 38.9 Å². The Labute approximate surface area is 122 Å². The molecule has 3 rings (SSSR count). The van der Waals surface area contributed by atoms with Crippen LogP contribution in [0.25, 0.3) is 10.2 Å². The first-order valence-corrected chi connectivity index (χ1v) is 7.28. The van der Waals surface area contributed by atoms with Crippen molar-refractivity contribution in [2.24, 2.45) is 0 Å². The minimum absolute atomic E-state index is 0.737. The predicted octanol–water partition coefficient (Wildman–Crippen LogP) is 5.46. The molecular weight excluding hydrogens is 332 g/mol. The van der Waals surface area contributed by atoms with Gasteiger partial charge in [-0.15, -0.1) is 0 Å². The Bertz CT molecular complexity index is 694. The summed E-state index contributed by atoms with van der Waals surface area (Å²) >= 11 is 11.0. The number of hydrogen-bond acceptors (Lipinski definition) is 3. The average molecular weight is 340 g/mol. The van der Waals surface area contributed by atoms with Gasteiger partial charge >= 0.3 is 0 Å². The first-order valence-electron chi connectivity index (χ1n) is 5.29. The fourth-order valence-corrected chi connectivity index (χ4v) is 3.04. The summed E-state index contributed by atoms with van der Waals surface area (Å²) in [7, 11) is 0. The molecule has 0 saturated heterocycles. The van der Waals surface area contributed by atoms with Gasteiger partial charge in [0.05, 0.1) is 10.2 Å². The number of aromatic nitrogens is 1. The lowest BCUT2D eigenvalue weighted by Crippen LogP contribution is -1.87. The van der Waals surface area contributed by atoms with E-state index in [1.54, 1.807) is 11.3 Å². The molecule has 2 nitrogen and oxygen atoms in total. The molecule has 0 aliphatic rings. The molecule has 0 spiro atoms. The van der Waals surface area contributed by atoms with Crippen LogP contribution in [-0.2, 0) is 0 Å². The molecule has 0 amide bonds. The van der Waals surface area contributed by atoms with Crippen molar-refractivity contribution in [3.63, 3.8) is 0 Å². The standard InChI is InChI=1S/C13H8BrClN2S/c14-8-1-4-10(5-2-8)16-13-17-11-6-3-9(15)7-12(11)18-13/h1-7H,(H,16,17).